The van der Waals surface area contributed by atoms with Gasteiger partial charge in [-0.05, 0) is 60.4 Å². The maximum Gasteiger partial charge on any atom is 0.407 e. The molecule has 2 aromatic carbocycles. The van der Waals surface area contributed by atoms with Crippen molar-refractivity contribution in [3.05, 3.63) is 60.4 Å². The molecule has 2 aliphatic heterocycles. The van der Waals surface area contributed by atoms with Crippen LogP contribution in [0.15, 0.2) is 48.8 Å². The number of alkyl carbamates (subject to hydrolysis) is 2. The lowest BCUT2D eigenvalue weighted by molar-refractivity contribution is -0.136. The van der Waals surface area contributed by atoms with Gasteiger partial charge in [0.2, 0.25) is 11.8 Å². The number of carbonyl (C=O) groups is 4. The van der Waals surface area contributed by atoms with Gasteiger partial charge in [0.25, 0.3) is 0 Å². The van der Waals surface area contributed by atoms with Crippen LogP contribution in [0.3, 0.4) is 0 Å². The number of amides is 4. The third kappa shape index (κ3) is 7.76. The number of carbonyl (C=O) groups excluding carboxylic acids is 4. The van der Waals surface area contributed by atoms with Crippen LogP contribution in [0.25, 0.3) is 55.9 Å². The van der Waals surface area contributed by atoms with Crippen molar-refractivity contribution < 1.29 is 28.7 Å². The second-order valence-corrected chi connectivity index (χ2v) is 16.0. The number of hydrogen-bond donors (Lipinski definition) is 4. The molecule has 2 saturated heterocycles. The summed E-state index contributed by atoms with van der Waals surface area (Å²) in [6.45, 7) is 8.62. The summed E-state index contributed by atoms with van der Waals surface area (Å²) in [5, 5.41) is 7.35. The lowest BCUT2D eigenvalue weighted by Crippen LogP contribution is -2.51. The SMILES string of the molecule is COC(=O)N[C@H](C(=O)N1CCC[C@@H]1c1nc2ncc(-c3ccc4cc(-c5cnc6nc([C@H]7CCCN7C(=O)[C@@H](NC(=O)OC)C(C)C)[nH]c6n5)ccc4c3)nc2[nH]1)C(C)C. The summed E-state index contributed by atoms with van der Waals surface area (Å²) in [7, 11) is 2.55. The molecule has 0 unspecified atom stereocenters. The molecule has 4 N–H and O–H groups in total. The number of methoxy groups -OCH3 is 2. The third-order valence-electron chi connectivity index (χ3n) is 11.4. The molecule has 0 spiro atoms. The summed E-state index contributed by atoms with van der Waals surface area (Å²) in [6, 6.07) is 10.1. The molecule has 4 aromatic heterocycles. The maximum atomic E-state index is 13.6. The van der Waals surface area contributed by atoms with Crippen LogP contribution in [-0.2, 0) is 19.1 Å². The van der Waals surface area contributed by atoms with E-state index in [1.165, 1.54) is 14.2 Å². The van der Waals surface area contributed by atoms with Crippen LogP contribution >= 0.6 is 0 Å². The van der Waals surface area contributed by atoms with Gasteiger partial charge in [-0.1, -0.05) is 52.0 Å². The molecule has 4 amide bonds. The minimum absolute atomic E-state index is 0.139. The summed E-state index contributed by atoms with van der Waals surface area (Å²) in [5.74, 6) is 0.563. The van der Waals surface area contributed by atoms with E-state index >= 15 is 0 Å². The molecule has 6 heterocycles. The van der Waals surface area contributed by atoms with Gasteiger partial charge in [0, 0.05) is 24.2 Å². The van der Waals surface area contributed by atoms with Crippen molar-refractivity contribution in [2.24, 2.45) is 11.8 Å². The first kappa shape index (κ1) is 40.1. The summed E-state index contributed by atoms with van der Waals surface area (Å²) in [5.41, 5.74) is 5.02. The number of hydrogen-bond acceptors (Lipinski definition) is 12. The molecule has 312 valence electrons. The van der Waals surface area contributed by atoms with Crippen molar-refractivity contribution in [2.45, 2.75) is 77.5 Å². The Morgan fingerprint density at radius 2 is 1.07 bits per heavy atom. The van der Waals surface area contributed by atoms with Crippen molar-refractivity contribution in [1.29, 1.82) is 0 Å². The molecule has 60 heavy (non-hydrogen) atoms. The third-order valence-corrected chi connectivity index (χ3v) is 11.4. The number of rotatable bonds is 10. The molecule has 18 heteroatoms. The molecule has 8 rings (SSSR count). The fourth-order valence-electron chi connectivity index (χ4n) is 8.17. The highest BCUT2D eigenvalue weighted by atomic mass is 16.5. The van der Waals surface area contributed by atoms with Gasteiger partial charge in [-0.25, -0.2) is 39.5 Å². The smallest absolute Gasteiger partial charge is 0.407 e. The standard InChI is InChI=1S/C42H48N12O6/c1-21(2)31(47-41(57)59-5)39(55)53-15-7-9-29(53)33-49-35-37(51-33)45-27(19-43-35)25-13-11-24-18-26(14-12-23(24)17-25)28-20-44-36-38(46-28)52-34(50-36)30-10-8-16-54(30)40(56)32(22(3)4)48-42(58)60-6/h11-14,17-22,29-32H,7-10,15-16H2,1-6H3,(H,47,57)(H,48,58)(H,43,45,49,51)(H,44,46,50,52)/t29-,30-,31+,32+/m1/s1. The van der Waals surface area contributed by atoms with Crippen LogP contribution in [0, 0.1) is 11.8 Å². The van der Waals surface area contributed by atoms with E-state index in [4.69, 9.17) is 29.4 Å². The lowest BCUT2D eigenvalue weighted by atomic mass is 10.0. The van der Waals surface area contributed by atoms with Crippen LogP contribution < -0.4 is 10.6 Å². The van der Waals surface area contributed by atoms with Crippen molar-refractivity contribution in [3.8, 4) is 22.5 Å². The Bertz CT molecular complexity index is 2430. The Labute approximate surface area is 345 Å². The molecular formula is C42H48N12O6. The molecule has 2 fully saturated rings. The van der Waals surface area contributed by atoms with Crippen LogP contribution in [-0.4, -0.2) is 113 Å². The van der Waals surface area contributed by atoms with E-state index in [-0.39, 0.29) is 35.7 Å². The van der Waals surface area contributed by atoms with E-state index in [9.17, 15) is 19.2 Å². The normalized spacial score (nSPS) is 17.8. The van der Waals surface area contributed by atoms with Gasteiger partial charge in [0.1, 0.15) is 23.7 Å². The van der Waals surface area contributed by atoms with E-state index in [0.717, 1.165) is 47.6 Å². The largest absolute Gasteiger partial charge is 0.453 e. The second-order valence-electron chi connectivity index (χ2n) is 16.0. The first-order valence-corrected chi connectivity index (χ1v) is 20.2. The number of nitrogens with zero attached hydrogens (tertiary/aromatic N) is 8. The summed E-state index contributed by atoms with van der Waals surface area (Å²) in [6.07, 6.45) is 5.13. The summed E-state index contributed by atoms with van der Waals surface area (Å²) < 4.78 is 9.52. The van der Waals surface area contributed by atoms with Gasteiger partial charge in [0.15, 0.2) is 22.6 Å². The fraction of sp³-hybridized carbons (Fsp3) is 0.429. The van der Waals surface area contributed by atoms with Gasteiger partial charge in [-0.3, -0.25) is 9.59 Å². The monoisotopic (exact) mass is 816 g/mol. The zero-order chi connectivity index (χ0) is 42.2. The van der Waals surface area contributed by atoms with E-state index in [1.807, 2.05) is 52.0 Å². The van der Waals surface area contributed by atoms with E-state index < -0.39 is 24.3 Å². The number of fused-ring (bicyclic) bond motifs is 3. The summed E-state index contributed by atoms with van der Waals surface area (Å²) in [4.78, 5) is 89.8. The zero-order valence-electron chi connectivity index (χ0n) is 34.4. The Hall–Kier alpha value is -6.72. The van der Waals surface area contributed by atoms with Crippen LogP contribution in [0.1, 0.15) is 77.1 Å². The highest BCUT2D eigenvalue weighted by molar-refractivity contribution is 5.91. The molecule has 0 radical (unpaired) electrons. The van der Waals surface area contributed by atoms with Crippen LogP contribution in [0.4, 0.5) is 9.59 Å². The number of imidazole rings is 2. The number of benzene rings is 2. The molecule has 4 atom stereocenters. The molecule has 0 aliphatic carbocycles. The van der Waals surface area contributed by atoms with E-state index in [2.05, 4.69) is 42.7 Å². The molecule has 18 nitrogen and oxygen atoms in total. The average molecular weight is 817 g/mol. The van der Waals surface area contributed by atoms with Gasteiger partial charge >= 0.3 is 12.2 Å². The quantitative estimate of drug-likeness (QED) is 0.133. The minimum atomic E-state index is -0.730. The maximum absolute atomic E-state index is 13.6. The molecular weight excluding hydrogens is 769 g/mol. The Balaban J connectivity index is 0.993. The highest BCUT2D eigenvalue weighted by Gasteiger charge is 2.39. The van der Waals surface area contributed by atoms with Crippen molar-refractivity contribution in [3.63, 3.8) is 0 Å². The topological polar surface area (TPSA) is 226 Å². The Morgan fingerprint density at radius 3 is 1.45 bits per heavy atom. The van der Waals surface area contributed by atoms with Gasteiger partial charge in [0.05, 0.1) is 50.1 Å². The first-order valence-electron chi connectivity index (χ1n) is 20.2. The fourth-order valence-corrected chi connectivity index (χ4v) is 8.17. The number of aromatic amines is 2. The molecule has 2 aliphatic rings. The lowest BCUT2D eigenvalue weighted by Gasteiger charge is -2.29. The van der Waals surface area contributed by atoms with Crippen molar-refractivity contribution in [2.75, 3.05) is 27.3 Å². The molecule has 0 saturated carbocycles. The van der Waals surface area contributed by atoms with Crippen LogP contribution in [0.5, 0.6) is 0 Å². The van der Waals surface area contributed by atoms with Gasteiger partial charge in [-0.2, -0.15) is 0 Å². The van der Waals surface area contributed by atoms with E-state index in [0.29, 0.717) is 58.7 Å². The Morgan fingerprint density at radius 1 is 0.650 bits per heavy atom. The molecule has 6 aromatic rings. The predicted molar refractivity (Wildman–Crippen MR) is 221 cm³/mol. The van der Waals surface area contributed by atoms with Crippen LogP contribution in [0.2, 0.25) is 0 Å². The second kappa shape index (κ2) is 16.5. The van der Waals surface area contributed by atoms with E-state index in [1.54, 1.807) is 22.2 Å². The van der Waals surface area contributed by atoms with Gasteiger partial charge < -0.3 is 39.9 Å². The summed E-state index contributed by atoms with van der Waals surface area (Å²) >= 11 is 0. The number of ether oxygens (including phenoxy) is 2. The zero-order valence-corrected chi connectivity index (χ0v) is 34.4. The number of likely N-dealkylation sites (tertiary alicyclic amines) is 2. The average Bonchev–Trinajstić information content (AvgIpc) is 4.08. The van der Waals surface area contributed by atoms with Crippen molar-refractivity contribution >= 4 is 57.4 Å². The number of nitrogens with one attached hydrogen (secondary N) is 4. The molecule has 0 bridgehead atoms. The number of aromatic nitrogens is 8. The minimum Gasteiger partial charge on any atom is -0.453 e. The predicted octanol–water partition coefficient (Wildman–Crippen LogP) is 5.59. The van der Waals surface area contributed by atoms with Crippen molar-refractivity contribution in [1.82, 2.24) is 60.3 Å². The van der Waals surface area contributed by atoms with Gasteiger partial charge in [-0.15, -0.1) is 0 Å². The number of H-pyrrole nitrogens is 2. The Kier molecular flexibility index (Phi) is 11.0. The first-order chi connectivity index (χ1) is 28.9. The highest BCUT2D eigenvalue weighted by Crippen LogP contribution is 2.35.